The van der Waals surface area contributed by atoms with Gasteiger partial charge in [0.1, 0.15) is 0 Å². The number of aliphatic hydroxyl groups excluding tert-OH is 2. The second-order valence-corrected chi connectivity index (χ2v) is 12.6. The average molecular weight is 600 g/mol. The van der Waals surface area contributed by atoms with Crippen LogP contribution in [0.15, 0.2) is 0 Å². The van der Waals surface area contributed by atoms with Crippen LogP contribution in [0.2, 0.25) is 0 Å². The number of unbranched alkanes of at least 4 members (excludes halogenated alkanes) is 26. The van der Waals surface area contributed by atoms with Crippen LogP contribution in [0.3, 0.4) is 0 Å². The number of aliphatic carboxylic acids is 1. The van der Waals surface area contributed by atoms with Gasteiger partial charge >= 0.3 is 5.97 Å². The molecule has 0 bridgehead atoms. The number of rotatable bonds is 34. The molecule has 0 aromatic rings. The molecule has 0 spiro atoms. The van der Waals surface area contributed by atoms with E-state index in [1.54, 1.807) is 0 Å². The van der Waals surface area contributed by atoms with E-state index >= 15 is 0 Å². The number of nitrogens with zero attached hydrogens (tertiary/aromatic N) is 1. The first-order valence-corrected chi connectivity index (χ1v) is 18.8. The largest absolute Gasteiger partial charge is 0.481 e. The van der Waals surface area contributed by atoms with Crippen LogP contribution >= 0.6 is 0 Å². The molecule has 0 atom stereocenters. The summed E-state index contributed by atoms with van der Waals surface area (Å²) in [6.07, 6.45) is 38.1. The lowest BCUT2D eigenvalue weighted by molar-refractivity contribution is -0.137. The maximum absolute atomic E-state index is 10.3. The first kappa shape index (κ1) is 43.5. The van der Waals surface area contributed by atoms with Gasteiger partial charge in [0.05, 0.1) is 13.2 Å². The monoisotopic (exact) mass is 600 g/mol. The van der Waals surface area contributed by atoms with Gasteiger partial charge in [-0.25, -0.2) is 0 Å². The third-order valence-corrected chi connectivity index (χ3v) is 8.40. The molecule has 0 aliphatic carbocycles. The van der Waals surface area contributed by atoms with Crippen LogP contribution in [0, 0.1) is 0 Å². The predicted molar refractivity (Wildman–Crippen MR) is 183 cm³/mol. The van der Waals surface area contributed by atoms with Crippen molar-refractivity contribution in [2.45, 2.75) is 200 Å². The standard InChI is InChI=1S/C22H47NO2.C15H30O2/c1-2-3-4-5-6-7-8-9-10-11-12-13-14-15-16-17-18-23(19-21-24)20-22-25;1-2-3-4-5-6-7-8-9-10-11-12-13-14-15(16)17/h24-25H,2-22H2,1H3;2-14H2,1H3,(H,16,17). The lowest BCUT2D eigenvalue weighted by atomic mass is 10.0. The van der Waals surface area contributed by atoms with Gasteiger partial charge in [-0.15, -0.1) is 0 Å². The summed E-state index contributed by atoms with van der Waals surface area (Å²) in [6.45, 7) is 7.33. The molecule has 0 saturated carbocycles. The minimum Gasteiger partial charge on any atom is -0.481 e. The molecule has 0 saturated heterocycles. The van der Waals surface area contributed by atoms with Crippen LogP contribution in [0.25, 0.3) is 0 Å². The second-order valence-electron chi connectivity index (χ2n) is 12.6. The Morgan fingerprint density at radius 2 is 0.667 bits per heavy atom. The Labute approximate surface area is 263 Å². The zero-order valence-electron chi connectivity index (χ0n) is 28.7. The molecule has 42 heavy (non-hydrogen) atoms. The van der Waals surface area contributed by atoms with Gasteiger partial charge in [0, 0.05) is 19.5 Å². The fraction of sp³-hybridized carbons (Fsp3) is 0.973. The van der Waals surface area contributed by atoms with Gasteiger partial charge in [0.15, 0.2) is 0 Å². The quantitative estimate of drug-likeness (QED) is 0.0641. The van der Waals surface area contributed by atoms with Crippen molar-refractivity contribution in [3.05, 3.63) is 0 Å². The number of carboxylic acids is 1. The highest BCUT2D eigenvalue weighted by Crippen LogP contribution is 2.14. The summed E-state index contributed by atoms with van der Waals surface area (Å²) in [6, 6.07) is 0. The number of hydrogen-bond acceptors (Lipinski definition) is 4. The minimum atomic E-state index is -0.655. The fourth-order valence-electron chi connectivity index (χ4n) is 5.62. The van der Waals surface area contributed by atoms with Gasteiger partial charge in [-0.2, -0.15) is 0 Å². The van der Waals surface area contributed by atoms with Crippen molar-refractivity contribution in [3.63, 3.8) is 0 Å². The van der Waals surface area contributed by atoms with E-state index in [9.17, 15) is 4.79 Å². The maximum atomic E-state index is 10.3. The van der Waals surface area contributed by atoms with Gasteiger partial charge in [-0.1, -0.05) is 181 Å². The van der Waals surface area contributed by atoms with Crippen LogP contribution in [0.5, 0.6) is 0 Å². The van der Waals surface area contributed by atoms with E-state index in [1.807, 2.05) is 0 Å². The molecule has 0 aliphatic heterocycles. The first-order valence-electron chi connectivity index (χ1n) is 18.8. The molecule has 0 amide bonds. The Bertz CT molecular complexity index is 482. The lowest BCUT2D eigenvalue weighted by Gasteiger charge is -2.19. The zero-order chi connectivity index (χ0) is 31.2. The van der Waals surface area contributed by atoms with Crippen molar-refractivity contribution in [2.75, 3.05) is 32.8 Å². The van der Waals surface area contributed by atoms with Gasteiger partial charge < -0.3 is 15.3 Å². The molecule has 5 heteroatoms. The first-order chi connectivity index (χ1) is 20.6. The highest BCUT2D eigenvalue weighted by Gasteiger charge is 2.02. The van der Waals surface area contributed by atoms with E-state index in [4.69, 9.17) is 15.3 Å². The normalized spacial score (nSPS) is 11.2. The summed E-state index contributed by atoms with van der Waals surface area (Å²) in [5.74, 6) is -0.655. The van der Waals surface area contributed by atoms with Crippen molar-refractivity contribution in [1.82, 2.24) is 4.90 Å². The predicted octanol–water partition coefficient (Wildman–Crippen LogP) is 10.7. The van der Waals surface area contributed by atoms with Gasteiger partial charge in [-0.3, -0.25) is 9.69 Å². The Kier molecular flexibility index (Phi) is 41.8. The second kappa shape index (κ2) is 40.4. The van der Waals surface area contributed by atoms with Crippen molar-refractivity contribution in [3.8, 4) is 0 Å². The molecule has 0 radical (unpaired) electrons. The molecular weight excluding hydrogens is 522 g/mol. The van der Waals surface area contributed by atoms with E-state index in [1.165, 1.54) is 167 Å². The van der Waals surface area contributed by atoms with E-state index < -0.39 is 5.97 Å². The van der Waals surface area contributed by atoms with Gasteiger partial charge in [0.25, 0.3) is 0 Å². The van der Waals surface area contributed by atoms with E-state index in [2.05, 4.69) is 18.7 Å². The Morgan fingerprint density at radius 1 is 0.405 bits per heavy atom. The molecule has 3 N–H and O–H groups in total. The molecule has 0 rings (SSSR count). The summed E-state index contributed by atoms with van der Waals surface area (Å²) in [7, 11) is 0. The summed E-state index contributed by atoms with van der Waals surface area (Å²) in [5.41, 5.74) is 0. The van der Waals surface area contributed by atoms with Crippen molar-refractivity contribution >= 4 is 5.97 Å². The third-order valence-electron chi connectivity index (χ3n) is 8.40. The number of carbonyl (C=O) groups is 1. The molecule has 0 unspecified atom stereocenters. The van der Waals surface area contributed by atoms with Crippen LogP contribution in [-0.2, 0) is 4.79 Å². The highest BCUT2D eigenvalue weighted by molar-refractivity contribution is 5.66. The zero-order valence-corrected chi connectivity index (χ0v) is 28.7. The van der Waals surface area contributed by atoms with Crippen LogP contribution in [0.1, 0.15) is 200 Å². The van der Waals surface area contributed by atoms with E-state index in [0.717, 1.165) is 19.4 Å². The lowest BCUT2D eigenvalue weighted by Crippen LogP contribution is -2.30. The number of aliphatic hydroxyl groups is 2. The smallest absolute Gasteiger partial charge is 0.303 e. The Hall–Kier alpha value is -0.650. The number of hydrogen-bond donors (Lipinski definition) is 3. The topological polar surface area (TPSA) is 81.0 Å². The molecular formula is C37H77NO4. The summed E-state index contributed by atoms with van der Waals surface area (Å²) in [5, 5.41) is 26.4. The van der Waals surface area contributed by atoms with E-state index in [0.29, 0.717) is 19.5 Å². The van der Waals surface area contributed by atoms with Gasteiger partial charge in [-0.05, 0) is 19.4 Å². The minimum absolute atomic E-state index is 0.193. The summed E-state index contributed by atoms with van der Waals surface area (Å²) in [4.78, 5) is 12.4. The van der Waals surface area contributed by atoms with Crippen LogP contribution < -0.4 is 0 Å². The molecule has 0 heterocycles. The third kappa shape index (κ3) is 41.5. The molecule has 0 aromatic carbocycles. The maximum Gasteiger partial charge on any atom is 0.303 e. The fourth-order valence-corrected chi connectivity index (χ4v) is 5.62. The number of carboxylic acid groups (broad SMARTS) is 1. The molecule has 5 nitrogen and oxygen atoms in total. The SMILES string of the molecule is CCCCCCCCCCCCCCC(=O)O.CCCCCCCCCCCCCCCCCCN(CCO)CCO. The Morgan fingerprint density at radius 3 is 0.929 bits per heavy atom. The molecule has 0 aliphatic rings. The van der Waals surface area contributed by atoms with Crippen molar-refractivity contribution in [1.29, 1.82) is 0 Å². The molecule has 254 valence electrons. The van der Waals surface area contributed by atoms with Crippen molar-refractivity contribution < 1.29 is 20.1 Å². The highest BCUT2D eigenvalue weighted by atomic mass is 16.4. The molecule has 0 fully saturated rings. The van der Waals surface area contributed by atoms with E-state index in [-0.39, 0.29) is 13.2 Å². The van der Waals surface area contributed by atoms with Crippen molar-refractivity contribution in [2.24, 2.45) is 0 Å². The summed E-state index contributed by atoms with van der Waals surface area (Å²) < 4.78 is 0. The van der Waals surface area contributed by atoms with Crippen LogP contribution in [-0.4, -0.2) is 59.0 Å². The Balaban J connectivity index is 0. The summed E-state index contributed by atoms with van der Waals surface area (Å²) >= 11 is 0. The van der Waals surface area contributed by atoms with Gasteiger partial charge in [0.2, 0.25) is 0 Å². The van der Waals surface area contributed by atoms with Crippen LogP contribution in [0.4, 0.5) is 0 Å². The average Bonchev–Trinajstić information content (AvgIpc) is 2.98. The molecule has 0 aromatic heterocycles.